The Morgan fingerprint density at radius 1 is 0.163 bits per heavy atom. The molecule has 0 aliphatic heterocycles. The van der Waals surface area contributed by atoms with Crippen molar-refractivity contribution in [3.8, 4) is 91.1 Å². The van der Waals surface area contributed by atoms with E-state index in [0.717, 1.165) is 91.1 Å². The molecule has 524 valence electrons. The Bertz CT molecular complexity index is 4320. The van der Waals surface area contributed by atoms with E-state index >= 15 is 0 Å². The van der Waals surface area contributed by atoms with Crippen molar-refractivity contribution in [2.75, 3.05) is 0 Å². The van der Waals surface area contributed by atoms with Gasteiger partial charge in [-0.1, -0.05) is 72.8 Å². The SMILES string of the molecule is N.N.[Pt+2][c]1ccn[c]([Pt][c]2c[c]([Pt+2])ccn2)c1.[Pt+2][c]1ccn[c]([Pt][c]2c[c]([Pt+2])ccn2)c1.c1ccc(-c2cccc(-c3ccccn3)n2)nc1.c1ccc(-c2cccc(-c3ccccn3)n2)nc1.c1ccc(-c2cccc(-c3ccccn3)n2)nc1.c1ccc(-c2cccc(-c3ccccn3)n2)nc1. The molecule has 0 fully saturated rings. The molecule has 0 unspecified atom stereocenters. The number of pyridine rings is 16. The molecule has 0 aliphatic carbocycles. The van der Waals surface area contributed by atoms with E-state index < -0.39 is 0 Å². The van der Waals surface area contributed by atoms with Gasteiger partial charge in [0.1, 0.15) is 0 Å². The molecule has 0 spiro atoms. The average Bonchev–Trinajstić information content (AvgIpc) is 0.856. The fourth-order valence-electron chi connectivity index (χ4n) is 8.75. The molecule has 0 atom stereocenters. The maximum atomic E-state index is 4.59. The van der Waals surface area contributed by atoms with Crippen LogP contribution in [0.15, 0.2) is 341 Å². The molecule has 16 heterocycles. The zero-order valence-electron chi connectivity index (χ0n) is 54.8. The molecule has 0 aliphatic rings. The van der Waals surface area contributed by atoms with Crippen LogP contribution in [-0.2, 0) is 116 Å². The van der Waals surface area contributed by atoms with E-state index in [4.69, 9.17) is 0 Å². The normalized spacial score (nSPS) is 10.1. The van der Waals surface area contributed by atoms with Crippen molar-refractivity contribution >= 4 is 32.1 Å². The summed E-state index contributed by atoms with van der Waals surface area (Å²) in [7, 11) is 0. The molecule has 24 heteroatoms. The average molecular weight is 2450 g/mol. The smallest absolute Gasteiger partial charge is 0.0894 e. The van der Waals surface area contributed by atoms with Gasteiger partial charge < -0.3 is 12.3 Å². The Balaban J connectivity index is 0.000000144. The summed E-state index contributed by atoms with van der Waals surface area (Å²) in [6.07, 6.45) is 21.6. The van der Waals surface area contributed by atoms with Gasteiger partial charge in [0, 0.05) is 49.6 Å². The van der Waals surface area contributed by atoms with Crippen molar-refractivity contribution in [2.45, 2.75) is 0 Å². The molecule has 0 bridgehead atoms. The van der Waals surface area contributed by atoms with Gasteiger partial charge >= 0.3 is 242 Å². The third-order valence-electron chi connectivity index (χ3n) is 13.3. The third kappa shape index (κ3) is 25.4. The molecule has 0 radical (unpaired) electrons. The standard InChI is InChI=1S/4C15H11N3.4C5H3N.2H3N.6Pt/c4*1-3-10-16-12(6-1)14-8-5-9-15(18-14)13-7-2-4-11-17-13;4*1-2-4-6-5-3-1;;;;;;;;/h4*1-11H;4*2-4H;2*1H3;;;;;;/q;;;;;;;;;;;;4*+2. The van der Waals surface area contributed by atoms with Gasteiger partial charge in [-0.3, -0.25) is 39.9 Å². The fraction of sp³-hybridized carbons (Fsp3) is 0. The summed E-state index contributed by atoms with van der Waals surface area (Å²) in [6, 6.07) is 86.5. The van der Waals surface area contributed by atoms with Crippen LogP contribution in [0.4, 0.5) is 0 Å². The molecule has 0 amide bonds. The summed E-state index contributed by atoms with van der Waals surface area (Å²) in [5, 5.41) is 0. The summed E-state index contributed by atoms with van der Waals surface area (Å²) in [4.78, 5) is 70.2. The Kier molecular flexibility index (Phi) is 32.4. The molecule has 104 heavy (non-hydrogen) atoms. The van der Waals surface area contributed by atoms with Gasteiger partial charge in [-0.25, -0.2) is 19.9 Å². The summed E-state index contributed by atoms with van der Waals surface area (Å²) in [5.41, 5.74) is 13.8. The molecule has 16 aromatic heterocycles. The molecule has 16 rings (SSSR count). The van der Waals surface area contributed by atoms with E-state index in [1.54, 1.807) is 49.6 Å². The van der Waals surface area contributed by atoms with Crippen LogP contribution >= 0.6 is 0 Å². The first-order valence-corrected chi connectivity index (χ1v) is 40.0. The van der Waals surface area contributed by atoms with Crippen LogP contribution in [0.5, 0.6) is 0 Å². The van der Waals surface area contributed by atoms with E-state index in [9.17, 15) is 0 Å². The van der Waals surface area contributed by atoms with Gasteiger partial charge in [0.25, 0.3) is 0 Å². The number of hydrogen-bond acceptors (Lipinski definition) is 18. The van der Waals surface area contributed by atoms with E-state index in [-0.39, 0.29) is 49.4 Å². The van der Waals surface area contributed by atoms with Crippen LogP contribution in [0.1, 0.15) is 0 Å². The van der Waals surface area contributed by atoms with Gasteiger partial charge in [-0.05, 0) is 146 Å². The number of hydrogen-bond donors (Lipinski definition) is 2. The Morgan fingerprint density at radius 2 is 0.317 bits per heavy atom. The third-order valence-corrected chi connectivity index (χ3v) is 21.0. The molecule has 0 saturated heterocycles. The second kappa shape index (κ2) is 42.9. The van der Waals surface area contributed by atoms with Crippen LogP contribution in [0, 0.1) is 0 Å². The minimum atomic E-state index is -0.246. The predicted octanol–water partition coefficient (Wildman–Crippen LogP) is 10.9. The zero-order valence-corrected chi connectivity index (χ0v) is 68.4. The first-order chi connectivity index (χ1) is 50.2. The second-order valence-corrected chi connectivity index (χ2v) is 31.5. The maximum absolute atomic E-state index is 4.59. The van der Waals surface area contributed by atoms with Crippen LogP contribution < -0.4 is 44.4 Å². The minimum absolute atomic E-state index is 0. The predicted molar refractivity (Wildman–Crippen MR) is 387 cm³/mol. The summed E-state index contributed by atoms with van der Waals surface area (Å²) < 4.78 is 9.68. The van der Waals surface area contributed by atoms with Crippen LogP contribution in [0.3, 0.4) is 0 Å². The van der Waals surface area contributed by atoms with E-state index in [1.165, 1.54) is 32.1 Å². The molecule has 0 aromatic carbocycles. The van der Waals surface area contributed by atoms with Crippen molar-refractivity contribution in [3.05, 3.63) is 341 Å². The van der Waals surface area contributed by atoms with Crippen molar-refractivity contribution in [1.82, 2.24) is 92.0 Å². The first kappa shape index (κ1) is 78.6. The second-order valence-electron chi connectivity index (χ2n) is 20.4. The van der Waals surface area contributed by atoms with Crippen LogP contribution in [-0.4, -0.2) is 79.7 Å². The van der Waals surface area contributed by atoms with E-state index in [1.807, 2.05) is 267 Å². The van der Waals surface area contributed by atoms with Crippen molar-refractivity contribution in [1.29, 1.82) is 0 Å². The van der Waals surface area contributed by atoms with E-state index in [0.29, 0.717) is 0 Å². The van der Waals surface area contributed by atoms with Crippen LogP contribution in [0.25, 0.3) is 91.1 Å². The Morgan fingerprint density at radius 3 is 0.452 bits per heavy atom. The number of nitrogens with zero attached hydrogens (tertiary/aromatic N) is 16. The van der Waals surface area contributed by atoms with Crippen LogP contribution in [0.2, 0.25) is 0 Å². The first-order valence-electron chi connectivity index (χ1n) is 30.9. The molecule has 18 nitrogen and oxygen atoms in total. The topological polar surface area (TPSA) is 276 Å². The largest absolute Gasteiger partial charge is 0.255 e. The number of aromatic nitrogens is 16. The quantitative estimate of drug-likeness (QED) is 0.115. The van der Waals surface area contributed by atoms with Crippen molar-refractivity contribution in [3.63, 3.8) is 0 Å². The van der Waals surface area contributed by atoms with Gasteiger partial charge in [-0.15, -0.1) is 0 Å². The summed E-state index contributed by atoms with van der Waals surface area (Å²) in [5.74, 6) is 0. The Hall–Kier alpha value is -9.55. The zero-order chi connectivity index (χ0) is 70.2. The minimum Gasteiger partial charge on any atom is -0.255 e. The molecular weight excluding hydrogens is 2380 g/mol. The molecule has 16 aromatic rings. The van der Waals surface area contributed by atoms with Crippen molar-refractivity contribution in [2.24, 2.45) is 0 Å². The molecular formula is C80H62N18Pt6+8. The monoisotopic (exact) mass is 2440 g/mol. The molecule has 0 saturated carbocycles. The maximum Gasteiger partial charge on any atom is 0.0894 e. The van der Waals surface area contributed by atoms with Gasteiger partial charge in [0.15, 0.2) is 0 Å². The van der Waals surface area contributed by atoms with Gasteiger partial charge in [-0.2, -0.15) is 0 Å². The fourth-order valence-corrected chi connectivity index (χ4v) is 17.7. The summed E-state index contributed by atoms with van der Waals surface area (Å²) in [6.45, 7) is 0. The Labute approximate surface area is 666 Å². The van der Waals surface area contributed by atoms with Gasteiger partial charge in [0.2, 0.25) is 0 Å². The molecule has 6 N–H and O–H groups in total. The number of rotatable bonds is 12. The van der Waals surface area contributed by atoms with Crippen molar-refractivity contribution < 1.29 is 116 Å². The van der Waals surface area contributed by atoms with E-state index in [2.05, 4.69) is 183 Å². The van der Waals surface area contributed by atoms with Gasteiger partial charge in [0.05, 0.1) is 91.1 Å². The summed E-state index contributed by atoms with van der Waals surface area (Å²) >= 11 is 8.69.